The first-order valence-corrected chi connectivity index (χ1v) is 9.05. The van der Waals surface area contributed by atoms with Crippen LogP contribution in [0.25, 0.3) is 6.08 Å². The van der Waals surface area contributed by atoms with Gasteiger partial charge >= 0.3 is 6.03 Å². The molecule has 2 N–H and O–H groups in total. The summed E-state index contributed by atoms with van der Waals surface area (Å²) in [5.74, 6) is 0.180. The molecule has 9 heteroatoms. The molecule has 0 aliphatic rings. The molecule has 0 aromatic heterocycles. The summed E-state index contributed by atoms with van der Waals surface area (Å²) in [5, 5.41) is 16.7. The molecule has 0 heterocycles. The Kier molecular flexibility index (Phi) is 7.51. The third kappa shape index (κ3) is 5.81. The van der Waals surface area contributed by atoms with Gasteiger partial charge < -0.3 is 20.1 Å². The highest BCUT2D eigenvalue weighted by atomic mass is 16.6. The van der Waals surface area contributed by atoms with Crippen LogP contribution in [0.2, 0.25) is 0 Å². The van der Waals surface area contributed by atoms with Crippen molar-refractivity contribution in [1.82, 2.24) is 5.32 Å². The van der Waals surface area contributed by atoms with E-state index in [0.717, 1.165) is 0 Å². The van der Waals surface area contributed by atoms with Crippen LogP contribution >= 0.6 is 0 Å². The van der Waals surface area contributed by atoms with Crippen LogP contribution in [-0.4, -0.2) is 37.0 Å². The van der Waals surface area contributed by atoms with Crippen molar-refractivity contribution < 1.29 is 24.0 Å². The van der Waals surface area contributed by atoms with E-state index in [2.05, 4.69) is 10.6 Å². The lowest BCUT2D eigenvalue weighted by Crippen LogP contribution is -2.34. The molecule has 0 aliphatic heterocycles. The van der Waals surface area contributed by atoms with Gasteiger partial charge in [0.15, 0.2) is 17.3 Å². The number of benzene rings is 2. The number of carbonyl (C=O) groups excluding carboxylic acids is 2. The van der Waals surface area contributed by atoms with Gasteiger partial charge in [-0.05, 0) is 56.3 Å². The molecule has 0 saturated heterocycles. The van der Waals surface area contributed by atoms with Gasteiger partial charge in [-0.3, -0.25) is 14.9 Å². The first kappa shape index (κ1) is 22.4. The summed E-state index contributed by atoms with van der Waals surface area (Å²) in [4.78, 5) is 34.9. The fourth-order valence-electron chi connectivity index (χ4n) is 2.58. The molecule has 30 heavy (non-hydrogen) atoms. The number of urea groups is 1. The van der Waals surface area contributed by atoms with Crippen LogP contribution in [0.4, 0.5) is 16.2 Å². The number of carbonyl (C=O) groups is 2. The van der Waals surface area contributed by atoms with Gasteiger partial charge in [-0.25, -0.2) is 4.79 Å². The van der Waals surface area contributed by atoms with Crippen LogP contribution < -0.4 is 20.1 Å². The maximum Gasteiger partial charge on any atom is 0.319 e. The van der Waals surface area contributed by atoms with Crippen molar-refractivity contribution in [3.8, 4) is 11.5 Å². The Balaban J connectivity index is 2.19. The lowest BCUT2D eigenvalue weighted by atomic mass is 10.1. The number of nitro groups is 1. The second-order valence-electron chi connectivity index (χ2n) is 6.55. The van der Waals surface area contributed by atoms with E-state index in [1.807, 2.05) is 13.8 Å². The van der Waals surface area contributed by atoms with Crippen LogP contribution in [0.3, 0.4) is 0 Å². The highest BCUT2D eigenvalue weighted by molar-refractivity contribution is 6.07. The molecule has 0 unspecified atom stereocenters. The molecular formula is C21H23N3O6. The molecule has 158 valence electrons. The first-order valence-electron chi connectivity index (χ1n) is 9.05. The number of amides is 2. The predicted molar refractivity (Wildman–Crippen MR) is 113 cm³/mol. The third-order valence-corrected chi connectivity index (χ3v) is 3.99. The second-order valence-corrected chi connectivity index (χ2v) is 6.55. The van der Waals surface area contributed by atoms with Gasteiger partial charge in [-0.15, -0.1) is 0 Å². The van der Waals surface area contributed by atoms with Crippen molar-refractivity contribution >= 4 is 29.3 Å². The minimum atomic E-state index is -0.561. The SMILES string of the molecule is COc1cc(/C=C/C(=O)c2ccc(NC(=O)NC(C)C)cc2)c([N+](=O)[O-])cc1OC. The molecule has 0 bridgehead atoms. The molecule has 0 fully saturated rings. The Hall–Kier alpha value is -3.88. The van der Waals surface area contributed by atoms with E-state index in [9.17, 15) is 19.7 Å². The lowest BCUT2D eigenvalue weighted by molar-refractivity contribution is -0.385. The summed E-state index contributed by atoms with van der Waals surface area (Å²) in [6.07, 6.45) is 2.59. The average Bonchev–Trinajstić information content (AvgIpc) is 2.70. The number of nitro benzene ring substituents is 1. The third-order valence-electron chi connectivity index (χ3n) is 3.99. The number of hydrogen-bond acceptors (Lipinski definition) is 6. The summed E-state index contributed by atoms with van der Waals surface area (Å²) in [6.45, 7) is 3.69. The number of anilines is 1. The van der Waals surface area contributed by atoms with Crippen LogP contribution in [0.5, 0.6) is 11.5 Å². The van der Waals surface area contributed by atoms with E-state index in [1.165, 1.54) is 38.5 Å². The number of rotatable bonds is 8. The molecule has 0 spiro atoms. The molecule has 0 radical (unpaired) electrons. The van der Waals surface area contributed by atoms with Crippen LogP contribution in [0.1, 0.15) is 29.8 Å². The summed E-state index contributed by atoms with van der Waals surface area (Å²) < 4.78 is 10.2. The fraction of sp³-hybridized carbons (Fsp3) is 0.238. The summed E-state index contributed by atoms with van der Waals surface area (Å²) in [5.41, 5.74) is 0.885. The second kappa shape index (κ2) is 10.1. The van der Waals surface area contributed by atoms with E-state index in [1.54, 1.807) is 24.3 Å². The van der Waals surface area contributed by atoms with Gasteiger partial charge in [0.2, 0.25) is 0 Å². The maximum atomic E-state index is 12.4. The standard InChI is InChI=1S/C21H23N3O6/c1-13(2)22-21(26)23-16-8-5-14(6-9-16)18(25)10-7-15-11-19(29-3)20(30-4)12-17(15)24(27)28/h5-13H,1-4H3,(H2,22,23,26)/b10-7+. The average molecular weight is 413 g/mol. The van der Waals surface area contributed by atoms with Gasteiger partial charge in [0, 0.05) is 17.3 Å². The number of nitrogens with one attached hydrogen (secondary N) is 2. The van der Waals surface area contributed by atoms with E-state index in [-0.39, 0.29) is 34.9 Å². The zero-order chi connectivity index (χ0) is 22.3. The minimum Gasteiger partial charge on any atom is -0.493 e. The number of methoxy groups -OCH3 is 2. The molecule has 9 nitrogen and oxygen atoms in total. The Morgan fingerprint density at radius 1 is 1.07 bits per heavy atom. The largest absolute Gasteiger partial charge is 0.493 e. The monoisotopic (exact) mass is 413 g/mol. The van der Waals surface area contributed by atoms with E-state index in [4.69, 9.17) is 9.47 Å². The van der Waals surface area contributed by atoms with Gasteiger partial charge in [0.1, 0.15) is 0 Å². The van der Waals surface area contributed by atoms with Crippen LogP contribution in [-0.2, 0) is 0 Å². The van der Waals surface area contributed by atoms with Gasteiger partial charge in [0.25, 0.3) is 5.69 Å². The zero-order valence-corrected chi connectivity index (χ0v) is 17.1. The Labute approximate surface area is 173 Å². The number of nitrogens with zero attached hydrogens (tertiary/aromatic N) is 1. The molecule has 0 atom stereocenters. The molecule has 0 saturated carbocycles. The number of ether oxygens (including phenoxy) is 2. The Morgan fingerprint density at radius 2 is 1.67 bits per heavy atom. The highest BCUT2D eigenvalue weighted by Crippen LogP contribution is 2.35. The summed E-state index contributed by atoms with van der Waals surface area (Å²) in [7, 11) is 2.80. The maximum absolute atomic E-state index is 12.4. The van der Waals surface area contributed by atoms with Crippen LogP contribution in [0, 0.1) is 10.1 Å². The van der Waals surface area contributed by atoms with Crippen molar-refractivity contribution in [2.75, 3.05) is 19.5 Å². The molecule has 2 aromatic carbocycles. The molecule has 0 aliphatic carbocycles. The fourth-order valence-corrected chi connectivity index (χ4v) is 2.58. The predicted octanol–water partition coefficient (Wildman–Crippen LogP) is 4.04. The molecular weight excluding hydrogens is 390 g/mol. The van der Waals surface area contributed by atoms with Gasteiger partial charge in [0.05, 0.1) is 30.8 Å². The summed E-state index contributed by atoms with van der Waals surface area (Å²) in [6, 6.07) is 8.63. The lowest BCUT2D eigenvalue weighted by Gasteiger charge is -2.10. The summed E-state index contributed by atoms with van der Waals surface area (Å²) >= 11 is 0. The first-order chi connectivity index (χ1) is 14.2. The van der Waals surface area contributed by atoms with Crippen molar-refractivity contribution in [1.29, 1.82) is 0 Å². The molecule has 2 amide bonds. The van der Waals surface area contributed by atoms with Crippen molar-refractivity contribution in [3.63, 3.8) is 0 Å². The van der Waals surface area contributed by atoms with E-state index < -0.39 is 4.92 Å². The Morgan fingerprint density at radius 3 is 2.20 bits per heavy atom. The van der Waals surface area contributed by atoms with Crippen molar-refractivity contribution in [2.45, 2.75) is 19.9 Å². The molecule has 2 rings (SSSR count). The number of allylic oxidation sites excluding steroid dienone is 1. The topological polar surface area (TPSA) is 120 Å². The quantitative estimate of drug-likeness (QED) is 0.292. The van der Waals surface area contributed by atoms with Gasteiger partial charge in [-0.2, -0.15) is 0 Å². The zero-order valence-electron chi connectivity index (χ0n) is 17.1. The molecule has 2 aromatic rings. The van der Waals surface area contributed by atoms with Crippen molar-refractivity contribution in [3.05, 3.63) is 63.7 Å². The number of ketones is 1. The minimum absolute atomic E-state index is 0.00313. The van der Waals surface area contributed by atoms with Gasteiger partial charge in [-0.1, -0.05) is 0 Å². The number of hydrogen-bond donors (Lipinski definition) is 2. The highest BCUT2D eigenvalue weighted by Gasteiger charge is 2.18. The normalized spacial score (nSPS) is 10.7. The van der Waals surface area contributed by atoms with Crippen LogP contribution in [0.15, 0.2) is 42.5 Å². The van der Waals surface area contributed by atoms with E-state index >= 15 is 0 Å². The smallest absolute Gasteiger partial charge is 0.319 e. The Bertz CT molecular complexity index is 967. The van der Waals surface area contributed by atoms with E-state index in [0.29, 0.717) is 17.0 Å². The van der Waals surface area contributed by atoms with Crippen molar-refractivity contribution in [2.24, 2.45) is 0 Å².